The molecule has 3 aliphatic heterocycles. The smallest absolute Gasteiger partial charge is 0.293 e. The molecule has 9 rings (SSSR count). The Morgan fingerprint density at radius 1 is 1.00 bits per heavy atom. The van der Waals surface area contributed by atoms with Crippen LogP contribution in [0.25, 0.3) is 16.6 Å². The average molecular weight is 975 g/mol. The van der Waals surface area contributed by atoms with Crippen molar-refractivity contribution in [3.8, 4) is 0 Å². The van der Waals surface area contributed by atoms with Crippen molar-refractivity contribution < 1.29 is 32.0 Å². The molecule has 0 unspecified atom stereocenters. The van der Waals surface area contributed by atoms with Crippen LogP contribution in [0.2, 0.25) is 5.02 Å². The minimum atomic E-state index is -4.65. The van der Waals surface area contributed by atoms with Crippen LogP contribution in [0.1, 0.15) is 61.9 Å². The number of carbonyl (C=O) groups excluding carboxylic acids is 1. The van der Waals surface area contributed by atoms with Crippen molar-refractivity contribution in [2.45, 2.75) is 55.9 Å². The minimum Gasteiger partial charge on any atom is -0.381 e. The molecule has 5 heterocycles. The van der Waals surface area contributed by atoms with Gasteiger partial charge in [-0.3, -0.25) is 28.9 Å². The van der Waals surface area contributed by atoms with Crippen molar-refractivity contribution in [1.29, 1.82) is 0 Å². The summed E-state index contributed by atoms with van der Waals surface area (Å²) in [6.45, 7) is 10.3. The number of anilines is 4. The van der Waals surface area contributed by atoms with Crippen LogP contribution in [-0.2, 0) is 14.8 Å². The largest absolute Gasteiger partial charge is 0.381 e. The number of rotatable bonds is 12. The van der Waals surface area contributed by atoms with E-state index < -0.39 is 42.2 Å². The second-order valence-corrected chi connectivity index (χ2v) is 22.4. The topological polar surface area (TPSA) is 219 Å². The van der Waals surface area contributed by atoms with Gasteiger partial charge >= 0.3 is 0 Å². The van der Waals surface area contributed by atoms with E-state index in [1.807, 2.05) is 18.2 Å². The second kappa shape index (κ2) is 19.0. The van der Waals surface area contributed by atoms with Crippen LogP contribution in [0.5, 0.6) is 0 Å². The zero-order valence-electron chi connectivity index (χ0n) is 37.5. The fraction of sp³-hybridized carbons (Fsp3) is 0.404. The lowest BCUT2D eigenvalue weighted by atomic mass is 9.72. The van der Waals surface area contributed by atoms with Gasteiger partial charge in [0.25, 0.3) is 21.6 Å². The molecule has 0 bridgehead atoms. The Kier molecular flexibility index (Phi) is 13.3. The van der Waals surface area contributed by atoms with Gasteiger partial charge in [-0.25, -0.2) is 22.8 Å². The van der Waals surface area contributed by atoms with Gasteiger partial charge in [0.05, 0.1) is 26.8 Å². The number of ether oxygens (including phenoxy) is 1. The summed E-state index contributed by atoms with van der Waals surface area (Å²) in [5.41, 5.74) is 5.81. The molecule has 67 heavy (non-hydrogen) atoms. The molecule has 5 aromatic rings. The summed E-state index contributed by atoms with van der Waals surface area (Å²) in [6.07, 6.45) is 6.42. The molecule has 0 saturated carbocycles. The van der Waals surface area contributed by atoms with Gasteiger partial charge < -0.3 is 24.8 Å². The number of fused-ring (bicyclic) bond motifs is 2. The first-order chi connectivity index (χ1) is 32.0. The predicted molar refractivity (Wildman–Crippen MR) is 263 cm³/mol. The maximum absolute atomic E-state index is 14.4. The molecule has 0 radical (unpaired) electrons. The highest BCUT2D eigenvalue weighted by molar-refractivity contribution is 8.22. The number of aromatic nitrogens is 2. The van der Waals surface area contributed by atoms with Crippen LogP contribution >= 0.6 is 22.4 Å². The number of amides is 1. The van der Waals surface area contributed by atoms with E-state index in [9.17, 15) is 32.4 Å². The normalized spacial score (nSPS) is 19.7. The van der Waals surface area contributed by atoms with Crippen molar-refractivity contribution >= 4 is 83.4 Å². The predicted octanol–water partition coefficient (Wildman–Crippen LogP) is 8.63. The van der Waals surface area contributed by atoms with Crippen molar-refractivity contribution in [2.75, 3.05) is 80.7 Å². The third-order valence-electron chi connectivity index (χ3n) is 13.4. The SMILES string of the molecule is CC1(C)CCC(CN2CCN(c3ccc(C(=O)NS(=O)(=O)c4ccc(NCC5CCOCC5)c([N+](=O)[O-])c4)c(N4CCNS(O)(O)c5nc6[nH]ccc6cc54)c3)CC2)=C(c2ccc(Cl)cc2)C1. The zero-order chi connectivity index (χ0) is 47.1. The number of halogens is 1. The number of nitro benzene ring substituents is 1. The third-order valence-corrected chi connectivity index (χ3v) is 16.4. The summed E-state index contributed by atoms with van der Waals surface area (Å²) < 4.78 is 61.0. The summed E-state index contributed by atoms with van der Waals surface area (Å²) in [5.74, 6) is -0.727. The molecule has 17 nitrogen and oxygen atoms in total. The number of aromatic amines is 1. The lowest BCUT2D eigenvalue weighted by molar-refractivity contribution is -0.384. The first-order valence-corrected chi connectivity index (χ1v) is 26.0. The standard InChI is InChI=1S/C47H56ClN9O8S2/c1-47(2)15-11-34(39(28-47)32-3-5-35(48)6-4-32)30-54-19-21-55(22-20-54)36-7-9-38(41(26-36)56-18-17-51-67(63,64)46-43(56)25-33-12-16-49-44(33)52-46)45(58)53-66(61,62)37-8-10-40(42(27-37)57(59)60)50-29-31-13-23-65-24-14-31/h3-10,12,16,25-27,31,50-51,63-64H,11,13-15,17-24,28-30H2,1-2H3,(H,49,52)(H,53,58). The minimum absolute atomic E-state index is 0.0180. The van der Waals surface area contributed by atoms with E-state index in [1.165, 1.54) is 28.8 Å². The van der Waals surface area contributed by atoms with Crippen LogP contribution in [0.3, 0.4) is 0 Å². The van der Waals surface area contributed by atoms with E-state index >= 15 is 0 Å². The van der Waals surface area contributed by atoms with Crippen LogP contribution in [0.4, 0.5) is 28.4 Å². The molecule has 0 spiro atoms. The van der Waals surface area contributed by atoms with Gasteiger partial charge in [-0.2, -0.15) is 0 Å². The zero-order valence-corrected chi connectivity index (χ0v) is 39.9. The summed E-state index contributed by atoms with van der Waals surface area (Å²) in [6, 6.07) is 20.4. The lowest BCUT2D eigenvalue weighted by Crippen LogP contribution is -2.47. The summed E-state index contributed by atoms with van der Waals surface area (Å²) in [7, 11) is -8.25. The maximum Gasteiger partial charge on any atom is 0.293 e. The monoisotopic (exact) mass is 973 g/mol. The third kappa shape index (κ3) is 10.3. The number of piperazine rings is 1. The molecule has 20 heteroatoms. The van der Waals surface area contributed by atoms with Gasteiger partial charge in [-0.1, -0.05) is 53.9 Å². The number of sulfonamides is 1. The molecule has 1 aliphatic carbocycles. The number of nitrogens with zero attached hydrogens (tertiary/aromatic N) is 5. The number of pyridine rings is 1. The highest BCUT2D eigenvalue weighted by atomic mass is 35.5. The molecule has 2 fully saturated rings. The van der Waals surface area contributed by atoms with Crippen molar-refractivity contribution in [2.24, 2.45) is 11.3 Å². The Labute approximate surface area is 396 Å². The summed E-state index contributed by atoms with van der Waals surface area (Å²) in [4.78, 5) is 39.6. The van der Waals surface area contributed by atoms with E-state index in [0.29, 0.717) is 60.3 Å². The Hall–Kier alpha value is -5.25. The molecule has 3 aromatic carbocycles. The number of hydrogen-bond acceptors (Lipinski definition) is 14. The van der Waals surface area contributed by atoms with Crippen LogP contribution in [0, 0.1) is 21.4 Å². The molecule has 356 valence electrons. The number of hydrogen-bond donors (Lipinski definition) is 6. The van der Waals surface area contributed by atoms with Gasteiger partial charge in [0, 0.05) is 93.9 Å². The van der Waals surface area contributed by atoms with Gasteiger partial charge in [-0.05, 0) is 109 Å². The molecule has 1 amide bonds. The fourth-order valence-corrected chi connectivity index (χ4v) is 11.8. The summed E-state index contributed by atoms with van der Waals surface area (Å²) in [5, 5.41) is 16.7. The van der Waals surface area contributed by atoms with Crippen molar-refractivity contribution in [1.82, 2.24) is 24.3 Å². The van der Waals surface area contributed by atoms with Crippen LogP contribution in [0.15, 0.2) is 94.5 Å². The van der Waals surface area contributed by atoms with Crippen molar-refractivity contribution in [3.05, 3.63) is 111 Å². The molecule has 2 aromatic heterocycles. The highest BCUT2D eigenvalue weighted by Gasteiger charge is 2.34. The highest BCUT2D eigenvalue weighted by Crippen LogP contribution is 2.52. The number of H-pyrrole nitrogens is 1. The van der Waals surface area contributed by atoms with E-state index in [2.05, 4.69) is 60.5 Å². The van der Waals surface area contributed by atoms with Gasteiger partial charge in [0.15, 0.2) is 5.03 Å². The maximum atomic E-state index is 14.4. The van der Waals surface area contributed by atoms with Crippen molar-refractivity contribution in [3.63, 3.8) is 0 Å². The Bertz CT molecular complexity index is 2820. The Morgan fingerprint density at radius 2 is 1.76 bits per heavy atom. The Morgan fingerprint density at radius 3 is 2.51 bits per heavy atom. The quantitative estimate of drug-likeness (QED) is 0.0510. The van der Waals surface area contributed by atoms with Gasteiger partial charge in [0.2, 0.25) is 0 Å². The second-order valence-electron chi connectivity index (χ2n) is 18.5. The first-order valence-electron chi connectivity index (χ1n) is 22.6. The molecule has 4 aliphatic rings. The summed E-state index contributed by atoms with van der Waals surface area (Å²) >= 11 is 6.27. The number of nitro groups is 1. The molecular formula is C47H56ClN9O8S2. The van der Waals surface area contributed by atoms with E-state index in [1.54, 1.807) is 35.4 Å². The van der Waals surface area contributed by atoms with E-state index in [-0.39, 0.29) is 40.7 Å². The van der Waals surface area contributed by atoms with Gasteiger partial charge in [0.1, 0.15) is 11.3 Å². The fourth-order valence-electron chi connectivity index (χ4n) is 9.55. The van der Waals surface area contributed by atoms with Gasteiger partial charge in [-0.15, -0.1) is 0 Å². The molecule has 6 N–H and O–H groups in total. The first kappa shape index (κ1) is 46.8. The number of carbonyl (C=O) groups is 1. The molecular weight excluding hydrogens is 918 g/mol. The number of allylic oxidation sites excluding steroid dienone is 1. The van der Waals surface area contributed by atoms with E-state index in [0.717, 1.165) is 63.5 Å². The number of nitrogens with one attached hydrogen (secondary N) is 4. The Balaban J connectivity index is 1.01. The van der Waals surface area contributed by atoms with Crippen LogP contribution < -0.4 is 24.6 Å². The lowest BCUT2D eigenvalue weighted by Gasteiger charge is -2.39. The van der Waals surface area contributed by atoms with Crippen LogP contribution in [-0.4, -0.2) is 109 Å². The van der Waals surface area contributed by atoms with E-state index in [4.69, 9.17) is 16.3 Å². The molecule has 2 saturated heterocycles. The number of benzene rings is 3. The average Bonchev–Trinajstić information content (AvgIpc) is 3.73. The molecule has 0 atom stereocenters.